The Bertz CT molecular complexity index is 584. The second-order valence-corrected chi connectivity index (χ2v) is 11.0. The highest BCUT2D eigenvalue weighted by Gasteiger charge is 2.26. The lowest BCUT2D eigenvalue weighted by molar-refractivity contribution is -0.929. The van der Waals surface area contributed by atoms with Crippen LogP contribution in [0.1, 0.15) is 142 Å². The molecule has 0 unspecified atom stereocenters. The van der Waals surface area contributed by atoms with Gasteiger partial charge in [-0.3, -0.25) is 9.59 Å². The van der Waals surface area contributed by atoms with Crippen molar-refractivity contribution in [1.82, 2.24) is 0 Å². The minimum absolute atomic E-state index is 0.0193. The van der Waals surface area contributed by atoms with Crippen molar-refractivity contribution in [2.75, 3.05) is 26.2 Å². The van der Waals surface area contributed by atoms with E-state index in [1.807, 2.05) is 0 Å². The smallest absolute Gasteiger partial charge is 0.303 e. The van der Waals surface area contributed by atoms with Gasteiger partial charge < -0.3 is 24.6 Å². The van der Waals surface area contributed by atoms with Crippen LogP contribution >= 0.6 is 0 Å². The van der Waals surface area contributed by atoms with Crippen LogP contribution < -0.4 is 5.11 Å². The van der Waals surface area contributed by atoms with Crippen LogP contribution in [0.2, 0.25) is 0 Å². The zero-order valence-electron chi connectivity index (χ0n) is 24.3. The van der Waals surface area contributed by atoms with Gasteiger partial charge in [0.05, 0.1) is 39.0 Å². The maximum absolute atomic E-state index is 11.0. The number of carboxylic acids is 3. The zero-order chi connectivity index (χ0) is 28.3. The number of quaternary nitrogens is 1. The highest BCUT2D eigenvalue weighted by Crippen LogP contribution is 2.19. The van der Waals surface area contributed by atoms with E-state index in [1.165, 1.54) is 77.0 Å². The van der Waals surface area contributed by atoms with Crippen molar-refractivity contribution >= 4 is 17.9 Å². The van der Waals surface area contributed by atoms with Gasteiger partial charge in [0.2, 0.25) is 0 Å². The Morgan fingerprint density at radius 2 is 0.921 bits per heavy atom. The molecule has 0 aromatic rings. The lowest BCUT2D eigenvalue weighted by Crippen LogP contribution is -2.51. The molecule has 0 aliphatic rings. The van der Waals surface area contributed by atoms with E-state index >= 15 is 0 Å². The van der Waals surface area contributed by atoms with Gasteiger partial charge in [-0.15, -0.1) is 0 Å². The van der Waals surface area contributed by atoms with Gasteiger partial charge in [0.1, 0.15) is 0 Å². The third kappa shape index (κ3) is 24.4. The molecule has 0 bridgehead atoms. The lowest BCUT2D eigenvalue weighted by atomic mass is 10.0. The standard InChI is InChI=1S/C31H57NO6/c1-2-3-4-5-6-7-8-9-10-11-12-13-14-15-16-17-18-25-32(26-19-22-29(33)34,27-20-23-30(35)36)28-21-24-31(37)38/h3-4H,2,5-28H2,1H3,(H2-,33,34,35,36,37,38)/b4-3+. The molecule has 222 valence electrons. The first-order chi connectivity index (χ1) is 18.3. The Labute approximate surface area is 232 Å². The summed E-state index contributed by atoms with van der Waals surface area (Å²) < 4.78 is 0.614. The first kappa shape index (κ1) is 36.1. The fraction of sp³-hybridized carbons (Fsp3) is 0.839. The highest BCUT2D eigenvalue weighted by atomic mass is 16.4. The fourth-order valence-corrected chi connectivity index (χ4v) is 5.30. The van der Waals surface area contributed by atoms with Gasteiger partial charge in [-0.2, -0.15) is 0 Å². The van der Waals surface area contributed by atoms with Gasteiger partial charge in [-0.1, -0.05) is 83.3 Å². The number of nitrogens with zero attached hydrogens (tertiary/aromatic N) is 1. The van der Waals surface area contributed by atoms with Crippen molar-refractivity contribution in [3.05, 3.63) is 12.2 Å². The van der Waals surface area contributed by atoms with Crippen molar-refractivity contribution in [2.45, 2.75) is 142 Å². The zero-order valence-corrected chi connectivity index (χ0v) is 24.3. The Morgan fingerprint density at radius 1 is 0.553 bits per heavy atom. The Balaban J connectivity index is 4.20. The first-order valence-electron chi connectivity index (χ1n) is 15.4. The summed E-state index contributed by atoms with van der Waals surface area (Å²) in [4.78, 5) is 33.0. The van der Waals surface area contributed by atoms with Gasteiger partial charge >= 0.3 is 11.9 Å². The van der Waals surface area contributed by atoms with Crippen molar-refractivity contribution < 1.29 is 34.2 Å². The largest absolute Gasteiger partial charge is 0.550 e. The van der Waals surface area contributed by atoms with E-state index < -0.39 is 17.9 Å². The average Bonchev–Trinajstić information content (AvgIpc) is 2.85. The number of carboxylic acid groups (broad SMARTS) is 3. The van der Waals surface area contributed by atoms with Crippen LogP contribution in [0, 0.1) is 0 Å². The van der Waals surface area contributed by atoms with Gasteiger partial charge in [-0.25, -0.2) is 0 Å². The number of carbonyl (C=O) groups excluding carboxylic acids is 1. The summed E-state index contributed by atoms with van der Waals surface area (Å²) in [5.74, 6) is -2.74. The molecule has 0 rings (SSSR count). The molecule has 0 saturated carbocycles. The van der Waals surface area contributed by atoms with Crippen LogP contribution in [-0.2, 0) is 14.4 Å². The molecule has 0 spiro atoms. The Kier molecular flexibility index (Phi) is 24.1. The Hall–Kier alpha value is -1.89. The molecular weight excluding hydrogens is 482 g/mol. The fourth-order valence-electron chi connectivity index (χ4n) is 5.30. The van der Waals surface area contributed by atoms with Crippen LogP contribution in [-0.4, -0.2) is 58.8 Å². The summed E-state index contributed by atoms with van der Waals surface area (Å²) >= 11 is 0. The first-order valence-corrected chi connectivity index (χ1v) is 15.4. The predicted molar refractivity (Wildman–Crippen MR) is 152 cm³/mol. The lowest BCUT2D eigenvalue weighted by Gasteiger charge is -2.39. The average molecular weight is 540 g/mol. The van der Waals surface area contributed by atoms with Crippen LogP contribution in [0.25, 0.3) is 0 Å². The minimum atomic E-state index is -1.07. The number of rotatable bonds is 29. The third-order valence-corrected chi connectivity index (χ3v) is 7.47. The van der Waals surface area contributed by atoms with Gasteiger partial charge in [0, 0.05) is 25.2 Å². The molecule has 0 aromatic heterocycles. The summed E-state index contributed by atoms with van der Waals surface area (Å²) in [5.41, 5.74) is 0. The number of unbranched alkanes of at least 4 members (excludes halogenated alkanes) is 13. The molecule has 38 heavy (non-hydrogen) atoms. The molecule has 2 N–H and O–H groups in total. The van der Waals surface area contributed by atoms with Gasteiger partial charge in [0.25, 0.3) is 0 Å². The molecule has 0 radical (unpaired) electrons. The molecule has 7 nitrogen and oxygen atoms in total. The summed E-state index contributed by atoms with van der Waals surface area (Å²) in [5, 5.41) is 29.1. The number of carbonyl (C=O) groups is 3. The van der Waals surface area contributed by atoms with Crippen molar-refractivity contribution in [3.8, 4) is 0 Å². The van der Waals surface area contributed by atoms with Crippen molar-refractivity contribution in [3.63, 3.8) is 0 Å². The van der Waals surface area contributed by atoms with Crippen LogP contribution in [0.15, 0.2) is 12.2 Å². The van der Waals surface area contributed by atoms with Gasteiger partial charge in [-0.05, 0) is 38.5 Å². The number of aliphatic carboxylic acids is 3. The van der Waals surface area contributed by atoms with E-state index in [0.29, 0.717) is 43.4 Å². The summed E-state index contributed by atoms with van der Waals surface area (Å²) in [6.07, 6.45) is 25.1. The van der Waals surface area contributed by atoms with Crippen molar-refractivity contribution in [1.29, 1.82) is 0 Å². The number of hydrogen-bond donors (Lipinski definition) is 2. The molecule has 0 saturated heterocycles. The molecule has 0 aliphatic carbocycles. The quantitative estimate of drug-likeness (QED) is 0.0638. The number of hydrogen-bond acceptors (Lipinski definition) is 4. The Morgan fingerprint density at radius 3 is 1.32 bits per heavy atom. The van der Waals surface area contributed by atoms with Crippen LogP contribution in [0.4, 0.5) is 0 Å². The molecule has 0 heterocycles. The van der Waals surface area contributed by atoms with E-state index in [-0.39, 0.29) is 19.3 Å². The summed E-state index contributed by atoms with van der Waals surface area (Å²) in [7, 11) is 0. The molecular formula is C31H57NO6. The normalized spacial score (nSPS) is 11.8. The van der Waals surface area contributed by atoms with E-state index in [9.17, 15) is 19.5 Å². The molecule has 7 heteroatoms. The van der Waals surface area contributed by atoms with E-state index in [2.05, 4.69) is 19.1 Å². The molecule has 0 fully saturated rings. The molecule has 0 aliphatic heterocycles. The molecule has 0 amide bonds. The van der Waals surface area contributed by atoms with E-state index in [4.69, 9.17) is 10.2 Å². The minimum Gasteiger partial charge on any atom is -0.550 e. The monoisotopic (exact) mass is 539 g/mol. The SMILES string of the molecule is CC/C=C/CCCCCCCCCCCCCCC[N+](CCCC(=O)[O-])(CCCC(=O)O)CCCC(=O)O. The van der Waals surface area contributed by atoms with Crippen molar-refractivity contribution in [2.24, 2.45) is 0 Å². The molecule has 0 atom stereocenters. The predicted octanol–water partition coefficient (Wildman–Crippen LogP) is 6.49. The topological polar surface area (TPSA) is 115 Å². The molecule has 0 aromatic carbocycles. The highest BCUT2D eigenvalue weighted by molar-refractivity contribution is 5.66. The van der Waals surface area contributed by atoms with Crippen LogP contribution in [0.3, 0.4) is 0 Å². The maximum atomic E-state index is 11.0. The van der Waals surface area contributed by atoms with E-state index in [1.54, 1.807) is 0 Å². The third-order valence-electron chi connectivity index (χ3n) is 7.47. The second kappa shape index (κ2) is 25.4. The van der Waals surface area contributed by atoms with Crippen LogP contribution in [0.5, 0.6) is 0 Å². The summed E-state index contributed by atoms with van der Waals surface area (Å²) in [6.45, 7) is 4.95. The van der Waals surface area contributed by atoms with E-state index in [0.717, 1.165) is 25.8 Å². The second-order valence-electron chi connectivity index (χ2n) is 11.0. The number of allylic oxidation sites excluding steroid dienone is 2. The maximum Gasteiger partial charge on any atom is 0.303 e. The van der Waals surface area contributed by atoms with Gasteiger partial charge in [0.15, 0.2) is 0 Å². The summed E-state index contributed by atoms with van der Waals surface area (Å²) in [6, 6.07) is 0.